The number of nitrogens with one attached hydrogen (secondary N) is 1. The highest BCUT2D eigenvalue weighted by Gasteiger charge is 2.29. The van der Waals surface area contributed by atoms with Crippen LogP contribution in [0.3, 0.4) is 0 Å². The van der Waals surface area contributed by atoms with E-state index in [0.29, 0.717) is 13.1 Å². The number of ether oxygens (including phenoxy) is 2. The second-order valence-corrected chi connectivity index (χ2v) is 9.36. The van der Waals surface area contributed by atoms with Gasteiger partial charge in [-0.2, -0.15) is 17.5 Å². The minimum Gasteiger partial charge on any atom is -0.495 e. The lowest BCUT2D eigenvalue weighted by atomic mass is 10.2. The number of benzene rings is 1. The summed E-state index contributed by atoms with van der Waals surface area (Å²) >= 11 is 0. The van der Waals surface area contributed by atoms with Gasteiger partial charge in [0.15, 0.2) is 6.61 Å². The fourth-order valence-electron chi connectivity index (χ4n) is 3.33. The van der Waals surface area contributed by atoms with Crippen molar-refractivity contribution in [3.63, 3.8) is 0 Å². The van der Waals surface area contributed by atoms with Gasteiger partial charge in [0, 0.05) is 25.4 Å². The number of nitrogens with zero attached hydrogens (tertiary/aromatic N) is 2. The molecule has 0 unspecified atom stereocenters. The summed E-state index contributed by atoms with van der Waals surface area (Å²) in [7, 11) is -2.37. The molecule has 1 fully saturated rings. The van der Waals surface area contributed by atoms with Crippen LogP contribution in [0.25, 0.3) is 0 Å². The predicted molar refractivity (Wildman–Crippen MR) is 114 cm³/mol. The van der Waals surface area contributed by atoms with Crippen molar-refractivity contribution in [2.45, 2.75) is 36.8 Å². The number of anilines is 1. The Morgan fingerprint density at radius 2 is 1.82 bits per heavy atom. The quantitative estimate of drug-likeness (QED) is 0.637. The van der Waals surface area contributed by atoms with Gasteiger partial charge in [-0.3, -0.25) is 4.79 Å². The van der Waals surface area contributed by atoms with E-state index in [9.17, 15) is 26.4 Å². The topological polar surface area (TPSA) is 97.8 Å². The Bertz CT molecular complexity index is 1070. The molecular weight excluding hydrogens is 463 g/mol. The molecule has 1 saturated heterocycles. The summed E-state index contributed by atoms with van der Waals surface area (Å²) in [5.74, 6) is -0.684. The van der Waals surface area contributed by atoms with Crippen LogP contribution in [-0.2, 0) is 10.0 Å². The highest BCUT2D eigenvalue weighted by Crippen LogP contribution is 2.30. The van der Waals surface area contributed by atoms with Gasteiger partial charge in [-0.05, 0) is 37.1 Å². The monoisotopic (exact) mass is 487 g/mol. The molecule has 1 aromatic carbocycles. The lowest BCUT2D eigenvalue weighted by Crippen LogP contribution is -2.32. The van der Waals surface area contributed by atoms with Crippen LogP contribution in [0.2, 0.25) is 0 Å². The number of rotatable bonds is 7. The number of alkyl halides is 3. The molecule has 0 saturated carbocycles. The first kappa shape index (κ1) is 24.8. The predicted octanol–water partition coefficient (Wildman–Crippen LogP) is 3.85. The Hall–Kier alpha value is -2.86. The van der Waals surface area contributed by atoms with E-state index in [1.165, 1.54) is 35.7 Å². The molecule has 33 heavy (non-hydrogen) atoms. The van der Waals surface area contributed by atoms with Crippen molar-refractivity contribution < 1.29 is 35.9 Å². The maximum absolute atomic E-state index is 13.1. The van der Waals surface area contributed by atoms with Gasteiger partial charge < -0.3 is 14.8 Å². The normalized spacial score (nSPS) is 15.5. The average molecular weight is 488 g/mol. The maximum atomic E-state index is 13.1. The van der Waals surface area contributed by atoms with Crippen LogP contribution in [0, 0.1) is 0 Å². The minimum atomic E-state index is -4.51. The summed E-state index contributed by atoms with van der Waals surface area (Å²) in [6, 6.07) is 6.58. The molecule has 0 bridgehead atoms. The zero-order valence-corrected chi connectivity index (χ0v) is 18.7. The first-order chi connectivity index (χ1) is 15.6. The van der Waals surface area contributed by atoms with Crippen LogP contribution in [0.4, 0.5) is 18.9 Å². The minimum absolute atomic E-state index is 0.0227. The molecule has 0 aliphatic carbocycles. The van der Waals surface area contributed by atoms with Crippen molar-refractivity contribution >= 4 is 21.6 Å². The van der Waals surface area contributed by atoms with Crippen LogP contribution in [-0.4, -0.2) is 56.6 Å². The first-order valence-corrected chi connectivity index (χ1v) is 11.7. The molecule has 0 radical (unpaired) electrons. The molecule has 8 nitrogen and oxygen atoms in total. The smallest absolute Gasteiger partial charge is 0.422 e. The van der Waals surface area contributed by atoms with E-state index in [2.05, 4.69) is 15.0 Å². The standard InChI is InChI=1S/C21H24F3N3O5S/c1-31-18-8-7-16(33(29,30)27-10-4-2-3-5-11-27)12-17(18)26-20(28)15-6-9-19(25-13-15)32-14-21(22,23)24/h6-9,12-13H,2-5,10-11,14H2,1H3,(H,26,28). The van der Waals surface area contributed by atoms with Gasteiger partial charge in [0.05, 0.1) is 23.3 Å². The van der Waals surface area contributed by atoms with Gasteiger partial charge in [0.25, 0.3) is 5.91 Å². The van der Waals surface area contributed by atoms with Crippen molar-refractivity contribution in [3.8, 4) is 11.6 Å². The van der Waals surface area contributed by atoms with E-state index in [4.69, 9.17) is 4.74 Å². The molecule has 3 rings (SSSR count). The molecule has 1 aromatic heterocycles. The average Bonchev–Trinajstić information content (AvgIpc) is 3.08. The fourth-order valence-corrected chi connectivity index (χ4v) is 4.87. The second kappa shape index (κ2) is 10.4. The van der Waals surface area contributed by atoms with Crippen LogP contribution in [0.1, 0.15) is 36.0 Å². The number of methoxy groups -OCH3 is 1. The molecule has 1 N–H and O–H groups in total. The van der Waals surface area contributed by atoms with E-state index in [1.807, 2.05) is 0 Å². The molecule has 1 amide bonds. The number of amides is 1. The molecule has 1 aliphatic heterocycles. The third-order valence-electron chi connectivity index (χ3n) is 5.00. The number of hydrogen-bond donors (Lipinski definition) is 1. The highest BCUT2D eigenvalue weighted by molar-refractivity contribution is 7.89. The Kier molecular flexibility index (Phi) is 7.80. The van der Waals surface area contributed by atoms with Gasteiger partial charge in [-0.25, -0.2) is 13.4 Å². The molecule has 0 atom stereocenters. The number of carbonyl (C=O) groups is 1. The third-order valence-corrected chi connectivity index (χ3v) is 6.90. The van der Waals surface area contributed by atoms with Crippen molar-refractivity contribution in [3.05, 3.63) is 42.1 Å². The third kappa shape index (κ3) is 6.57. The number of carbonyl (C=O) groups excluding carboxylic acids is 1. The van der Waals surface area contributed by atoms with Gasteiger partial charge in [-0.1, -0.05) is 12.8 Å². The molecule has 180 valence electrons. The number of pyridine rings is 1. The lowest BCUT2D eigenvalue weighted by Gasteiger charge is -2.21. The number of halogens is 3. The van der Waals surface area contributed by atoms with E-state index >= 15 is 0 Å². The summed E-state index contributed by atoms with van der Waals surface area (Å²) in [4.78, 5) is 16.4. The van der Waals surface area contributed by atoms with Crippen molar-refractivity contribution in [1.29, 1.82) is 0 Å². The van der Waals surface area contributed by atoms with E-state index in [1.54, 1.807) is 0 Å². The zero-order valence-electron chi connectivity index (χ0n) is 17.9. The van der Waals surface area contributed by atoms with Gasteiger partial charge in [0.2, 0.25) is 15.9 Å². The number of hydrogen-bond acceptors (Lipinski definition) is 6. The summed E-state index contributed by atoms with van der Waals surface area (Å²) in [5.41, 5.74) is 0.174. The molecule has 0 spiro atoms. The van der Waals surface area contributed by atoms with Crippen LogP contribution >= 0.6 is 0 Å². The number of aromatic nitrogens is 1. The maximum Gasteiger partial charge on any atom is 0.422 e. The summed E-state index contributed by atoms with van der Waals surface area (Å²) < 4.78 is 74.1. The van der Waals surface area contributed by atoms with Crippen molar-refractivity contribution in [2.75, 3.05) is 32.1 Å². The highest BCUT2D eigenvalue weighted by atomic mass is 32.2. The Morgan fingerprint density at radius 3 is 2.39 bits per heavy atom. The fraction of sp³-hybridized carbons (Fsp3) is 0.429. The van der Waals surface area contributed by atoms with E-state index in [0.717, 1.165) is 37.9 Å². The van der Waals surface area contributed by atoms with E-state index in [-0.39, 0.29) is 27.8 Å². The summed E-state index contributed by atoms with van der Waals surface area (Å²) in [5, 5.41) is 2.57. The van der Waals surface area contributed by atoms with Crippen molar-refractivity contribution in [1.82, 2.24) is 9.29 Å². The van der Waals surface area contributed by atoms with Crippen LogP contribution < -0.4 is 14.8 Å². The largest absolute Gasteiger partial charge is 0.495 e. The molecule has 12 heteroatoms. The SMILES string of the molecule is COc1ccc(S(=O)(=O)N2CCCCCC2)cc1NC(=O)c1ccc(OCC(F)(F)F)nc1. The van der Waals surface area contributed by atoms with Crippen molar-refractivity contribution in [2.24, 2.45) is 0 Å². The van der Waals surface area contributed by atoms with Gasteiger partial charge in [-0.15, -0.1) is 0 Å². The lowest BCUT2D eigenvalue weighted by molar-refractivity contribution is -0.154. The Morgan fingerprint density at radius 1 is 1.12 bits per heavy atom. The summed E-state index contributed by atoms with van der Waals surface area (Å²) in [6.45, 7) is -0.629. The van der Waals surface area contributed by atoms with Crippen LogP contribution in [0.5, 0.6) is 11.6 Å². The molecule has 2 aromatic rings. The first-order valence-electron chi connectivity index (χ1n) is 10.3. The Balaban J connectivity index is 1.77. The summed E-state index contributed by atoms with van der Waals surface area (Å²) in [6.07, 6.45) is 0.0790. The Labute approximate surface area is 189 Å². The molecule has 1 aliphatic rings. The number of sulfonamides is 1. The van der Waals surface area contributed by atoms with Crippen LogP contribution in [0.15, 0.2) is 41.4 Å². The van der Waals surface area contributed by atoms with Gasteiger partial charge >= 0.3 is 6.18 Å². The molecule has 2 heterocycles. The van der Waals surface area contributed by atoms with E-state index < -0.39 is 28.7 Å². The second-order valence-electron chi connectivity index (χ2n) is 7.42. The zero-order chi connectivity index (χ0) is 24.1. The molecular formula is C21H24F3N3O5S. The van der Waals surface area contributed by atoms with Gasteiger partial charge in [0.1, 0.15) is 5.75 Å².